The second-order valence-corrected chi connectivity index (χ2v) is 9.98. The van der Waals surface area contributed by atoms with Gasteiger partial charge in [-0.15, -0.1) is 0 Å². The van der Waals surface area contributed by atoms with Gasteiger partial charge in [0.1, 0.15) is 26.4 Å². The van der Waals surface area contributed by atoms with E-state index in [0.29, 0.717) is 12.1 Å². The Hall–Kier alpha value is -5.68. The van der Waals surface area contributed by atoms with Crippen molar-refractivity contribution in [2.45, 2.75) is 31.6 Å². The molecule has 0 aliphatic rings. The third kappa shape index (κ3) is 8.82. The quantitative estimate of drug-likeness (QED) is 0.0881. The number of aromatic carboxylic acids is 2. The first-order chi connectivity index (χ1) is 22.6. The van der Waals surface area contributed by atoms with Crippen LogP contribution >= 0.6 is 0 Å². The molecule has 0 aliphatic heterocycles. The van der Waals surface area contributed by atoms with Crippen LogP contribution in [0.5, 0.6) is 0 Å². The van der Waals surface area contributed by atoms with E-state index < -0.39 is 113 Å². The van der Waals surface area contributed by atoms with E-state index in [1.54, 1.807) is 0 Å². The molecule has 2 aromatic carbocycles. The van der Waals surface area contributed by atoms with Crippen LogP contribution in [0.25, 0.3) is 0 Å². The second-order valence-electron chi connectivity index (χ2n) is 9.98. The highest BCUT2D eigenvalue weighted by Crippen LogP contribution is 2.56. The first-order valence-corrected chi connectivity index (χ1v) is 13.5. The van der Waals surface area contributed by atoms with Crippen molar-refractivity contribution >= 4 is 35.8 Å². The molecule has 0 aromatic heterocycles. The summed E-state index contributed by atoms with van der Waals surface area (Å²) in [4.78, 5) is 71.8. The fourth-order valence-corrected chi connectivity index (χ4v) is 4.19. The maximum Gasteiger partial charge on any atom is 0.411 e. The van der Waals surface area contributed by atoms with Gasteiger partial charge in [0.25, 0.3) is 0 Å². The van der Waals surface area contributed by atoms with Crippen molar-refractivity contribution < 1.29 is 84.3 Å². The Morgan fingerprint density at radius 3 is 1.14 bits per heavy atom. The SMILES string of the molecule is C=C(C)C(=O)OCCOC(=O)c1ccc(C(c2ccc(C(=O)OCCOC(=O)C(=C)C)c(C(=O)O)c2)(C(F)(F)F)C(F)(F)F)cc1C(=O)O. The zero-order valence-corrected chi connectivity index (χ0v) is 25.5. The lowest BCUT2D eigenvalue weighted by Crippen LogP contribution is -2.55. The van der Waals surface area contributed by atoms with Crippen molar-refractivity contribution in [2.24, 2.45) is 0 Å². The Morgan fingerprint density at radius 2 is 0.878 bits per heavy atom. The highest BCUT2D eigenvalue weighted by atomic mass is 19.4. The fraction of sp³-hybridized carbons (Fsp3) is 0.290. The van der Waals surface area contributed by atoms with Crippen LogP contribution in [0.15, 0.2) is 60.7 Å². The van der Waals surface area contributed by atoms with Gasteiger partial charge in [-0.05, 0) is 49.2 Å². The molecule has 2 rings (SSSR count). The van der Waals surface area contributed by atoms with Gasteiger partial charge in [-0.25, -0.2) is 28.8 Å². The van der Waals surface area contributed by atoms with Gasteiger partial charge in [-0.2, -0.15) is 26.3 Å². The molecule has 0 unspecified atom stereocenters. The highest BCUT2D eigenvalue weighted by molar-refractivity contribution is 6.03. The smallest absolute Gasteiger partial charge is 0.411 e. The summed E-state index contributed by atoms with van der Waals surface area (Å²) in [5, 5.41) is 19.3. The lowest BCUT2D eigenvalue weighted by molar-refractivity contribution is -0.288. The number of hydrogen-bond acceptors (Lipinski definition) is 10. The number of carboxylic acids is 2. The van der Waals surface area contributed by atoms with E-state index >= 15 is 0 Å². The molecule has 0 saturated heterocycles. The molecule has 2 N–H and O–H groups in total. The van der Waals surface area contributed by atoms with Crippen LogP contribution in [0.4, 0.5) is 26.3 Å². The summed E-state index contributed by atoms with van der Waals surface area (Å²) in [5.41, 5.74) is -13.4. The third-order valence-electron chi connectivity index (χ3n) is 6.45. The average molecular weight is 705 g/mol. The largest absolute Gasteiger partial charge is 0.478 e. The summed E-state index contributed by atoms with van der Waals surface area (Å²) < 4.78 is 108. The number of ether oxygens (including phenoxy) is 4. The van der Waals surface area contributed by atoms with Gasteiger partial charge in [-0.3, -0.25) is 0 Å². The molecule has 0 bridgehead atoms. The minimum absolute atomic E-state index is 0.0169. The van der Waals surface area contributed by atoms with Gasteiger partial charge < -0.3 is 29.2 Å². The van der Waals surface area contributed by atoms with Gasteiger partial charge in [0.2, 0.25) is 5.41 Å². The number of halogens is 6. The van der Waals surface area contributed by atoms with Crippen LogP contribution in [0.1, 0.15) is 66.4 Å². The standard InChI is InChI=1S/C31H26F6O12/c1-15(2)25(42)46-9-11-48-27(44)19-7-5-17(13-21(19)23(38)39)29(30(32,33)34,31(35,36)37)18-6-8-20(22(14-18)24(40)41)28(45)49-12-10-47-26(43)16(3)4/h5-8,13-14H,1,3,9-12H2,2,4H3,(H,38,39)(H,40,41). The van der Waals surface area contributed by atoms with Crippen molar-refractivity contribution in [3.63, 3.8) is 0 Å². The number of esters is 4. The Balaban J connectivity index is 2.65. The first kappa shape index (κ1) is 39.5. The Kier molecular flexibility index (Phi) is 12.5. The Bertz CT molecular complexity index is 1570. The number of benzene rings is 2. The summed E-state index contributed by atoms with van der Waals surface area (Å²) in [6.07, 6.45) is -12.7. The number of hydrogen-bond donors (Lipinski definition) is 2. The van der Waals surface area contributed by atoms with Crippen molar-refractivity contribution in [1.82, 2.24) is 0 Å². The molecule has 0 heterocycles. The summed E-state index contributed by atoms with van der Waals surface area (Å²) in [5.74, 6) is -9.05. The summed E-state index contributed by atoms with van der Waals surface area (Å²) in [6.45, 7) is 6.75. The molecule has 0 saturated carbocycles. The molecule has 12 nitrogen and oxygen atoms in total. The van der Waals surface area contributed by atoms with Crippen LogP contribution in [0.3, 0.4) is 0 Å². The maximum atomic E-state index is 14.8. The van der Waals surface area contributed by atoms with Gasteiger partial charge >= 0.3 is 48.2 Å². The Morgan fingerprint density at radius 1 is 0.571 bits per heavy atom. The van der Waals surface area contributed by atoms with Crippen LogP contribution < -0.4 is 0 Å². The molecule has 0 fully saturated rings. The Labute approximate surface area is 272 Å². The lowest BCUT2D eigenvalue weighted by atomic mass is 9.71. The fourth-order valence-electron chi connectivity index (χ4n) is 4.19. The van der Waals surface area contributed by atoms with Crippen molar-refractivity contribution in [3.05, 3.63) is 94.1 Å². The third-order valence-corrected chi connectivity index (χ3v) is 6.45. The molecule has 0 aliphatic carbocycles. The number of alkyl halides is 6. The van der Waals surface area contributed by atoms with E-state index in [-0.39, 0.29) is 35.4 Å². The monoisotopic (exact) mass is 704 g/mol. The number of carbonyl (C=O) groups is 6. The number of carbonyl (C=O) groups excluding carboxylic acids is 4. The zero-order valence-electron chi connectivity index (χ0n) is 25.5. The van der Waals surface area contributed by atoms with Crippen molar-refractivity contribution in [2.75, 3.05) is 26.4 Å². The molecule has 0 amide bonds. The number of rotatable bonds is 14. The van der Waals surface area contributed by atoms with E-state index in [9.17, 15) is 65.3 Å². The molecule has 18 heteroatoms. The molecular formula is C31H26F6O12. The predicted octanol–water partition coefficient (Wildman–Crippen LogP) is 5.05. The van der Waals surface area contributed by atoms with E-state index in [2.05, 4.69) is 22.6 Å². The van der Waals surface area contributed by atoms with Crippen LogP contribution in [0.2, 0.25) is 0 Å². The molecule has 0 atom stereocenters. The van der Waals surface area contributed by atoms with E-state index in [1.165, 1.54) is 13.8 Å². The van der Waals surface area contributed by atoms with E-state index in [4.69, 9.17) is 9.47 Å². The maximum absolute atomic E-state index is 14.8. The lowest BCUT2D eigenvalue weighted by Gasteiger charge is -2.38. The van der Waals surface area contributed by atoms with Crippen molar-refractivity contribution in [3.8, 4) is 0 Å². The van der Waals surface area contributed by atoms with Crippen LogP contribution in [-0.2, 0) is 34.0 Å². The molecular weight excluding hydrogens is 678 g/mol. The minimum Gasteiger partial charge on any atom is -0.478 e. The highest BCUT2D eigenvalue weighted by Gasteiger charge is 2.72. The summed E-state index contributed by atoms with van der Waals surface area (Å²) >= 11 is 0. The minimum atomic E-state index is -6.35. The summed E-state index contributed by atoms with van der Waals surface area (Å²) in [6, 6.07) is 0.821. The zero-order chi connectivity index (χ0) is 37.5. The molecule has 2 aromatic rings. The number of carboxylic acid groups (broad SMARTS) is 2. The van der Waals surface area contributed by atoms with Gasteiger partial charge in [-0.1, -0.05) is 25.3 Å². The van der Waals surface area contributed by atoms with Gasteiger partial charge in [0.15, 0.2) is 0 Å². The van der Waals surface area contributed by atoms with Gasteiger partial charge in [0, 0.05) is 11.1 Å². The molecule has 0 radical (unpaired) electrons. The average Bonchev–Trinajstić information content (AvgIpc) is 2.99. The topological polar surface area (TPSA) is 180 Å². The predicted molar refractivity (Wildman–Crippen MR) is 152 cm³/mol. The van der Waals surface area contributed by atoms with E-state index in [1.807, 2.05) is 0 Å². The molecule has 264 valence electrons. The van der Waals surface area contributed by atoms with E-state index in [0.717, 1.165) is 0 Å². The second kappa shape index (κ2) is 15.5. The van der Waals surface area contributed by atoms with Gasteiger partial charge in [0.05, 0.1) is 22.3 Å². The van der Waals surface area contributed by atoms with Crippen molar-refractivity contribution in [1.29, 1.82) is 0 Å². The summed E-state index contributed by atoms with van der Waals surface area (Å²) in [7, 11) is 0. The normalized spacial score (nSPS) is 11.6. The molecule has 0 spiro atoms. The molecule has 49 heavy (non-hydrogen) atoms. The first-order valence-electron chi connectivity index (χ1n) is 13.5. The van der Waals surface area contributed by atoms with Crippen LogP contribution in [-0.4, -0.2) is 84.8 Å². The van der Waals surface area contributed by atoms with Crippen LogP contribution in [0, 0.1) is 0 Å².